The largest absolute Gasteiger partial charge is 0.393 e. The van der Waals surface area contributed by atoms with E-state index >= 15 is 0 Å². The molecule has 4 nitrogen and oxygen atoms in total. The molecular formula is C16H22N2O2. The van der Waals surface area contributed by atoms with Crippen LogP contribution < -0.4 is 5.32 Å². The van der Waals surface area contributed by atoms with E-state index in [9.17, 15) is 9.90 Å². The first-order valence-electron chi connectivity index (χ1n) is 7.23. The van der Waals surface area contributed by atoms with Crippen LogP contribution in [0.5, 0.6) is 0 Å². The fraction of sp³-hybridized carbons (Fsp3) is 0.625. The van der Waals surface area contributed by atoms with Gasteiger partial charge >= 0.3 is 0 Å². The number of fused-ring (bicyclic) bond motifs is 2. The molecular weight excluding hydrogens is 252 g/mol. The molecule has 1 aromatic heterocycles. The second-order valence-electron chi connectivity index (χ2n) is 7.03. The van der Waals surface area contributed by atoms with Crippen LogP contribution in [0.3, 0.4) is 0 Å². The lowest BCUT2D eigenvalue weighted by Gasteiger charge is -2.40. The van der Waals surface area contributed by atoms with Gasteiger partial charge in [-0.1, -0.05) is 20.8 Å². The van der Waals surface area contributed by atoms with Gasteiger partial charge in [0.1, 0.15) is 0 Å². The van der Waals surface area contributed by atoms with Gasteiger partial charge < -0.3 is 10.4 Å². The minimum atomic E-state index is -0.468. The van der Waals surface area contributed by atoms with Crippen molar-refractivity contribution in [3.05, 3.63) is 24.5 Å². The average Bonchev–Trinajstić information content (AvgIpc) is 2.70. The Balaban J connectivity index is 1.92. The van der Waals surface area contributed by atoms with Crippen molar-refractivity contribution in [1.29, 1.82) is 0 Å². The standard InChI is InChI=1S/C16H22N2O2/c1-14(2)15(3)6-7-16(14,10-12(15)19)13(20)18-11-4-8-17-9-5-11/h4-5,8-9,12,19H,6-7,10H2,1-3H3,(H,17,18,20)/t12-,15+,16-/m1/s1. The lowest BCUT2D eigenvalue weighted by Crippen LogP contribution is -2.43. The molecule has 0 aliphatic heterocycles. The zero-order valence-corrected chi connectivity index (χ0v) is 12.3. The molecule has 2 aliphatic rings. The van der Waals surface area contributed by atoms with Crippen LogP contribution in [-0.4, -0.2) is 22.1 Å². The van der Waals surface area contributed by atoms with Crippen molar-refractivity contribution >= 4 is 11.6 Å². The van der Waals surface area contributed by atoms with Crippen molar-refractivity contribution < 1.29 is 9.90 Å². The van der Waals surface area contributed by atoms with Crippen LogP contribution in [-0.2, 0) is 4.79 Å². The van der Waals surface area contributed by atoms with E-state index in [2.05, 4.69) is 31.1 Å². The zero-order chi connectivity index (χ0) is 14.6. The third-order valence-corrected chi connectivity index (χ3v) is 6.35. The Morgan fingerprint density at radius 3 is 2.45 bits per heavy atom. The van der Waals surface area contributed by atoms with Gasteiger partial charge in [-0.15, -0.1) is 0 Å². The van der Waals surface area contributed by atoms with Crippen molar-refractivity contribution in [3.63, 3.8) is 0 Å². The van der Waals surface area contributed by atoms with Crippen molar-refractivity contribution in [2.45, 2.75) is 46.1 Å². The second kappa shape index (κ2) is 4.04. The zero-order valence-electron chi connectivity index (χ0n) is 12.3. The molecule has 0 aromatic carbocycles. The molecule has 0 radical (unpaired) electrons. The molecule has 2 fully saturated rings. The molecule has 1 aromatic rings. The van der Waals surface area contributed by atoms with E-state index in [4.69, 9.17) is 0 Å². The van der Waals surface area contributed by atoms with Crippen molar-refractivity contribution in [2.75, 3.05) is 5.32 Å². The summed E-state index contributed by atoms with van der Waals surface area (Å²) in [5.74, 6) is 0.0361. The SMILES string of the molecule is CC1(C)[C@]2(C(=O)Nc3ccncc3)CC[C@@]1(C)[C@H](O)C2. The van der Waals surface area contributed by atoms with Crippen molar-refractivity contribution in [1.82, 2.24) is 4.98 Å². The highest BCUT2D eigenvalue weighted by molar-refractivity contribution is 5.96. The molecule has 0 unspecified atom stereocenters. The molecule has 3 rings (SSSR count). The van der Waals surface area contributed by atoms with E-state index in [1.165, 1.54) is 0 Å². The Labute approximate surface area is 119 Å². The first-order valence-corrected chi connectivity index (χ1v) is 7.23. The normalized spacial score (nSPS) is 37.9. The third-order valence-electron chi connectivity index (χ3n) is 6.35. The minimum absolute atomic E-state index is 0.0361. The molecule has 1 amide bonds. The lowest BCUT2D eigenvalue weighted by atomic mass is 9.64. The van der Waals surface area contributed by atoms with Crippen LogP contribution in [0.1, 0.15) is 40.0 Å². The Kier molecular flexibility index (Phi) is 2.74. The Morgan fingerprint density at radius 2 is 1.95 bits per heavy atom. The van der Waals surface area contributed by atoms with Gasteiger partial charge in [0.15, 0.2) is 0 Å². The summed E-state index contributed by atoms with van der Waals surface area (Å²) in [5.41, 5.74) is -0.0611. The summed E-state index contributed by atoms with van der Waals surface area (Å²) in [5, 5.41) is 13.4. The Hall–Kier alpha value is -1.42. The molecule has 2 saturated carbocycles. The minimum Gasteiger partial charge on any atom is -0.393 e. The summed E-state index contributed by atoms with van der Waals surface area (Å²) >= 11 is 0. The van der Waals surface area contributed by atoms with Crippen LogP contribution in [0.15, 0.2) is 24.5 Å². The smallest absolute Gasteiger partial charge is 0.231 e. The lowest BCUT2D eigenvalue weighted by molar-refractivity contribution is -0.130. The molecule has 2 aliphatic carbocycles. The number of nitrogens with zero attached hydrogens (tertiary/aromatic N) is 1. The van der Waals surface area contributed by atoms with E-state index < -0.39 is 11.5 Å². The number of aliphatic hydroxyl groups is 1. The maximum atomic E-state index is 12.9. The van der Waals surface area contributed by atoms with Gasteiger partial charge in [-0.05, 0) is 42.2 Å². The number of carbonyl (C=O) groups is 1. The van der Waals surface area contributed by atoms with Gasteiger partial charge in [0.05, 0.1) is 11.5 Å². The van der Waals surface area contributed by atoms with Gasteiger partial charge in [0, 0.05) is 18.1 Å². The number of hydrogen-bond acceptors (Lipinski definition) is 3. The van der Waals surface area contributed by atoms with Crippen molar-refractivity contribution in [3.8, 4) is 0 Å². The number of aromatic nitrogens is 1. The number of pyridine rings is 1. The van der Waals surface area contributed by atoms with Crippen LogP contribution in [0.4, 0.5) is 5.69 Å². The molecule has 20 heavy (non-hydrogen) atoms. The number of anilines is 1. The van der Waals surface area contributed by atoms with Crippen LogP contribution >= 0.6 is 0 Å². The number of hydrogen-bond donors (Lipinski definition) is 2. The molecule has 2 N–H and O–H groups in total. The Bertz CT molecular complexity index is 543. The highest BCUT2D eigenvalue weighted by Gasteiger charge is 2.72. The van der Waals surface area contributed by atoms with Gasteiger partial charge in [0.2, 0.25) is 5.91 Å². The van der Waals surface area contributed by atoms with Gasteiger partial charge in [-0.3, -0.25) is 9.78 Å². The summed E-state index contributed by atoms with van der Waals surface area (Å²) in [6.45, 7) is 6.37. The number of aliphatic hydroxyl groups excluding tert-OH is 1. The van der Waals surface area contributed by atoms with Gasteiger partial charge in [-0.25, -0.2) is 0 Å². The monoisotopic (exact) mass is 274 g/mol. The predicted molar refractivity (Wildman–Crippen MR) is 77.0 cm³/mol. The van der Waals surface area contributed by atoms with Crippen LogP contribution in [0.2, 0.25) is 0 Å². The molecule has 0 saturated heterocycles. The van der Waals surface area contributed by atoms with Crippen molar-refractivity contribution in [2.24, 2.45) is 16.2 Å². The topological polar surface area (TPSA) is 62.2 Å². The number of carbonyl (C=O) groups excluding carboxylic acids is 1. The van der Waals surface area contributed by atoms with E-state index in [1.807, 2.05) is 0 Å². The highest BCUT2D eigenvalue weighted by atomic mass is 16.3. The molecule has 1 heterocycles. The first kappa shape index (κ1) is 13.6. The van der Waals surface area contributed by atoms with Gasteiger partial charge in [-0.2, -0.15) is 0 Å². The maximum Gasteiger partial charge on any atom is 0.231 e. The average molecular weight is 274 g/mol. The maximum absolute atomic E-state index is 12.9. The quantitative estimate of drug-likeness (QED) is 0.871. The Morgan fingerprint density at radius 1 is 1.30 bits per heavy atom. The summed E-state index contributed by atoms with van der Waals surface area (Å²) in [7, 11) is 0. The summed E-state index contributed by atoms with van der Waals surface area (Å²) < 4.78 is 0. The fourth-order valence-corrected chi connectivity index (χ4v) is 4.32. The van der Waals surface area contributed by atoms with E-state index in [0.717, 1.165) is 18.5 Å². The molecule has 2 bridgehead atoms. The summed E-state index contributed by atoms with van der Waals surface area (Å²) in [6.07, 6.45) is 5.26. The van der Waals surface area contributed by atoms with Crippen LogP contribution in [0.25, 0.3) is 0 Å². The first-order chi connectivity index (χ1) is 9.33. The van der Waals surface area contributed by atoms with Crippen LogP contribution in [0, 0.1) is 16.2 Å². The highest BCUT2D eigenvalue weighted by Crippen LogP contribution is 2.72. The number of rotatable bonds is 2. The molecule has 0 spiro atoms. The second-order valence-corrected chi connectivity index (χ2v) is 7.03. The molecule has 108 valence electrons. The number of nitrogens with one attached hydrogen (secondary N) is 1. The third kappa shape index (κ3) is 1.46. The van der Waals surface area contributed by atoms with E-state index in [1.54, 1.807) is 24.5 Å². The van der Waals surface area contributed by atoms with E-state index in [-0.39, 0.29) is 16.7 Å². The predicted octanol–water partition coefficient (Wildman–Crippen LogP) is 2.60. The number of amides is 1. The summed E-state index contributed by atoms with van der Waals surface area (Å²) in [4.78, 5) is 16.8. The molecule has 3 atom stereocenters. The fourth-order valence-electron chi connectivity index (χ4n) is 4.32. The van der Waals surface area contributed by atoms with Gasteiger partial charge in [0.25, 0.3) is 0 Å². The summed E-state index contributed by atoms with van der Waals surface area (Å²) in [6, 6.07) is 3.59. The molecule has 4 heteroatoms. The van der Waals surface area contributed by atoms with E-state index in [0.29, 0.717) is 6.42 Å².